The predicted octanol–water partition coefficient (Wildman–Crippen LogP) is 3.82. The molecule has 0 saturated carbocycles. The van der Waals surface area contributed by atoms with E-state index in [2.05, 4.69) is 34.7 Å². The molecule has 0 amide bonds. The number of hydrogen-bond donors (Lipinski definition) is 1. The maximum atomic E-state index is 12.2. The molecule has 17 heavy (non-hydrogen) atoms. The summed E-state index contributed by atoms with van der Waals surface area (Å²) in [5, 5.41) is 8.35. The Morgan fingerprint density at radius 1 is 1.00 bits per heavy atom. The van der Waals surface area contributed by atoms with E-state index in [9.17, 15) is 9.18 Å². The second-order valence-corrected chi connectivity index (χ2v) is 4.35. The third kappa shape index (κ3) is 5.44. The van der Waals surface area contributed by atoms with Gasteiger partial charge in [-0.25, -0.2) is 9.18 Å². The SMILES string of the molecule is Ic1ccccc1.O=C(O)c1ccc(F)cc1. The van der Waals surface area contributed by atoms with Crippen molar-refractivity contribution < 1.29 is 14.3 Å². The van der Waals surface area contributed by atoms with Crippen LogP contribution in [0, 0.1) is 9.39 Å². The molecule has 0 bridgehead atoms. The van der Waals surface area contributed by atoms with E-state index in [1.807, 2.05) is 18.2 Å². The normalized spacial score (nSPS) is 9.06. The summed E-state index contributed by atoms with van der Waals surface area (Å²) in [5.74, 6) is -1.47. The van der Waals surface area contributed by atoms with Crippen LogP contribution in [0.4, 0.5) is 4.39 Å². The van der Waals surface area contributed by atoms with Gasteiger partial charge in [0, 0.05) is 3.57 Å². The molecule has 2 aromatic carbocycles. The van der Waals surface area contributed by atoms with Gasteiger partial charge >= 0.3 is 5.97 Å². The first-order valence-electron chi connectivity index (χ1n) is 4.79. The van der Waals surface area contributed by atoms with Gasteiger partial charge in [0.15, 0.2) is 0 Å². The highest BCUT2D eigenvalue weighted by atomic mass is 127. The number of carboxylic acids is 1. The van der Waals surface area contributed by atoms with Gasteiger partial charge in [0.2, 0.25) is 0 Å². The average molecular weight is 344 g/mol. The van der Waals surface area contributed by atoms with Crippen molar-refractivity contribution in [3.63, 3.8) is 0 Å². The highest BCUT2D eigenvalue weighted by Crippen LogP contribution is 2.01. The maximum Gasteiger partial charge on any atom is 0.335 e. The Hall–Kier alpha value is -1.43. The van der Waals surface area contributed by atoms with Crippen LogP contribution in [-0.4, -0.2) is 11.1 Å². The minimum atomic E-state index is -1.04. The van der Waals surface area contributed by atoms with Gasteiger partial charge in [-0.2, -0.15) is 0 Å². The van der Waals surface area contributed by atoms with E-state index in [-0.39, 0.29) is 5.56 Å². The molecule has 2 aromatic rings. The zero-order valence-corrected chi connectivity index (χ0v) is 11.0. The van der Waals surface area contributed by atoms with Crippen LogP contribution in [0.2, 0.25) is 0 Å². The summed E-state index contributed by atoms with van der Waals surface area (Å²) in [7, 11) is 0. The second kappa shape index (κ2) is 7.01. The fourth-order valence-electron chi connectivity index (χ4n) is 1.01. The van der Waals surface area contributed by atoms with Crippen LogP contribution in [0.25, 0.3) is 0 Å². The first kappa shape index (κ1) is 13.6. The Morgan fingerprint density at radius 3 is 1.88 bits per heavy atom. The van der Waals surface area contributed by atoms with Gasteiger partial charge in [0.1, 0.15) is 5.82 Å². The Balaban J connectivity index is 0.000000181. The lowest BCUT2D eigenvalue weighted by Crippen LogP contribution is -1.94. The molecule has 0 saturated heterocycles. The highest BCUT2D eigenvalue weighted by Gasteiger charge is 1.99. The molecule has 0 radical (unpaired) electrons. The Bertz CT molecular complexity index is 469. The largest absolute Gasteiger partial charge is 0.478 e. The summed E-state index contributed by atoms with van der Waals surface area (Å²) in [6, 6.07) is 14.9. The van der Waals surface area contributed by atoms with Crippen LogP contribution >= 0.6 is 22.6 Å². The number of hydrogen-bond acceptors (Lipinski definition) is 1. The molecule has 0 heterocycles. The minimum absolute atomic E-state index is 0.0985. The third-order valence-corrected chi connectivity index (χ3v) is 2.54. The van der Waals surface area contributed by atoms with Crippen molar-refractivity contribution in [2.45, 2.75) is 0 Å². The molecule has 0 spiro atoms. The Kier molecular flexibility index (Phi) is 5.62. The number of aromatic carboxylic acids is 1. The lowest BCUT2D eigenvalue weighted by molar-refractivity contribution is 0.0697. The number of carbonyl (C=O) groups is 1. The average Bonchev–Trinajstić information content (AvgIpc) is 2.31. The van der Waals surface area contributed by atoms with Gasteiger partial charge in [-0.15, -0.1) is 0 Å². The molecule has 0 unspecified atom stereocenters. The summed E-state index contributed by atoms with van der Waals surface area (Å²) in [4.78, 5) is 10.2. The van der Waals surface area contributed by atoms with E-state index in [1.54, 1.807) is 0 Å². The van der Waals surface area contributed by atoms with E-state index < -0.39 is 11.8 Å². The van der Waals surface area contributed by atoms with Crippen molar-refractivity contribution in [3.8, 4) is 0 Å². The second-order valence-electron chi connectivity index (χ2n) is 3.11. The summed E-state index contributed by atoms with van der Waals surface area (Å²) < 4.78 is 13.4. The summed E-state index contributed by atoms with van der Waals surface area (Å²) >= 11 is 2.28. The van der Waals surface area contributed by atoms with Crippen LogP contribution in [0.1, 0.15) is 10.4 Å². The predicted molar refractivity (Wildman–Crippen MR) is 72.5 cm³/mol. The molecule has 0 aliphatic heterocycles. The molecule has 0 fully saturated rings. The van der Waals surface area contributed by atoms with Gasteiger partial charge in [0.25, 0.3) is 0 Å². The van der Waals surface area contributed by atoms with Crippen molar-refractivity contribution in [1.29, 1.82) is 0 Å². The van der Waals surface area contributed by atoms with Gasteiger partial charge in [-0.1, -0.05) is 18.2 Å². The van der Waals surface area contributed by atoms with Crippen LogP contribution in [0.5, 0.6) is 0 Å². The Morgan fingerprint density at radius 2 is 1.53 bits per heavy atom. The lowest BCUT2D eigenvalue weighted by Gasteiger charge is -1.90. The highest BCUT2D eigenvalue weighted by molar-refractivity contribution is 14.1. The first-order chi connectivity index (χ1) is 8.09. The van der Waals surface area contributed by atoms with E-state index in [0.717, 1.165) is 12.1 Å². The van der Waals surface area contributed by atoms with E-state index >= 15 is 0 Å². The van der Waals surface area contributed by atoms with Gasteiger partial charge < -0.3 is 5.11 Å². The number of benzene rings is 2. The van der Waals surface area contributed by atoms with Crippen molar-refractivity contribution in [2.75, 3.05) is 0 Å². The van der Waals surface area contributed by atoms with Gasteiger partial charge in [-0.3, -0.25) is 0 Å². The maximum absolute atomic E-state index is 12.2. The van der Waals surface area contributed by atoms with Crippen LogP contribution in [-0.2, 0) is 0 Å². The molecule has 0 aliphatic carbocycles. The number of carboxylic acid groups (broad SMARTS) is 1. The molecule has 0 aromatic heterocycles. The fraction of sp³-hybridized carbons (Fsp3) is 0. The molecule has 2 rings (SSSR count). The molecular formula is C13H10FIO2. The smallest absolute Gasteiger partial charge is 0.335 e. The van der Waals surface area contributed by atoms with Crippen LogP contribution in [0.3, 0.4) is 0 Å². The van der Waals surface area contributed by atoms with Gasteiger partial charge in [0.05, 0.1) is 5.56 Å². The van der Waals surface area contributed by atoms with E-state index in [0.29, 0.717) is 0 Å². The first-order valence-corrected chi connectivity index (χ1v) is 5.87. The van der Waals surface area contributed by atoms with Gasteiger partial charge in [-0.05, 0) is 59.0 Å². The summed E-state index contributed by atoms with van der Waals surface area (Å²) in [6.07, 6.45) is 0. The standard InChI is InChI=1S/C7H5FO2.C6H5I/c8-6-3-1-5(2-4-6)7(9)10;7-6-4-2-1-3-5-6/h1-4H,(H,9,10);1-5H. The van der Waals surface area contributed by atoms with Crippen molar-refractivity contribution in [2.24, 2.45) is 0 Å². The topological polar surface area (TPSA) is 37.3 Å². The quantitative estimate of drug-likeness (QED) is 0.799. The number of halogens is 2. The minimum Gasteiger partial charge on any atom is -0.478 e. The van der Waals surface area contributed by atoms with E-state index in [4.69, 9.17) is 5.11 Å². The zero-order valence-electron chi connectivity index (χ0n) is 8.81. The lowest BCUT2D eigenvalue weighted by atomic mass is 10.2. The van der Waals surface area contributed by atoms with Crippen molar-refractivity contribution in [1.82, 2.24) is 0 Å². The van der Waals surface area contributed by atoms with Crippen molar-refractivity contribution in [3.05, 3.63) is 69.5 Å². The summed E-state index contributed by atoms with van der Waals surface area (Å²) in [5.41, 5.74) is 0.0985. The van der Waals surface area contributed by atoms with Crippen LogP contribution in [0.15, 0.2) is 54.6 Å². The zero-order chi connectivity index (χ0) is 12.7. The molecule has 2 nitrogen and oxygen atoms in total. The molecule has 88 valence electrons. The summed E-state index contributed by atoms with van der Waals surface area (Å²) in [6.45, 7) is 0. The third-order valence-electron chi connectivity index (χ3n) is 1.82. The van der Waals surface area contributed by atoms with Crippen LogP contribution < -0.4 is 0 Å². The van der Waals surface area contributed by atoms with E-state index in [1.165, 1.54) is 15.7 Å². The molecule has 4 heteroatoms. The number of rotatable bonds is 1. The monoisotopic (exact) mass is 344 g/mol. The van der Waals surface area contributed by atoms with Crippen molar-refractivity contribution >= 4 is 28.6 Å². The Labute approximate surface area is 112 Å². The fourth-order valence-corrected chi connectivity index (χ4v) is 1.42. The molecule has 0 aliphatic rings. The molecular weight excluding hydrogens is 334 g/mol. The molecule has 0 atom stereocenters. The molecule has 1 N–H and O–H groups in total.